The largest absolute Gasteiger partial charge is 0.309 e. The van der Waals surface area contributed by atoms with Crippen molar-refractivity contribution in [2.75, 3.05) is 4.90 Å². The summed E-state index contributed by atoms with van der Waals surface area (Å²) in [4.78, 5) is 4.97. The van der Waals surface area contributed by atoms with Crippen LogP contribution in [0.15, 0.2) is 204 Å². The smallest absolute Gasteiger partial charge is 0.0608 e. The predicted molar refractivity (Wildman–Crippen MR) is 225 cm³/mol. The SMILES string of the molecule is c1ccc(-c2cccc(N3c4cc(-c5ccc6c(c5)c5ccccc5n6-c5cccc6ccccc56)ccc4Sc4cc5ccccc5cc43)c2)cc1. The first-order chi connectivity index (χ1) is 26.3. The van der Waals surface area contributed by atoms with Crippen LogP contribution in [0.5, 0.6) is 0 Å². The van der Waals surface area contributed by atoms with Gasteiger partial charge in [-0.15, -0.1) is 0 Å². The standard InChI is InChI=1S/C50H32N2S/c1-2-12-33(13-3-1)35-18-10-19-40(28-35)51-47-31-39(25-27-49(47)53-50-32-37-16-5-4-15-36(37)30-48(50)51)38-24-26-46-43(29-38)42-21-8-9-22-45(42)52(46)44-23-11-17-34-14-6-7-20-41(34)44/h1-32H. The van der Waals surface area contributed by atoms with Crippen molar-refractivity contribution in [2.24, 2.45) is 0 Å². The maximum Gasteiger partial charge on any atom is 0.0608 e. The van der Waals surface area contributed by atoms with E-state index in [-0.39, 0.29) is 0 Å². The number of anilines is 3. The highest BCUT2D eigenvalue weighted by molar-refractivity contribution is 7.99. The number of fused-ring (bicyclic) bond motifs is 7. The van der Waals surface area contributed by atoms with Crippen LogP contribution in [0.1, 0.15) is 0 Å². The second-order valence-electron chi connectivity index (χ2n) is 13.8. The van der Waals surface area contributed by atoms with Crippen molar-refractivity contribution < 1.29 is 0 Å². The fourth-order valence-corrected chi connectivity index (χ4v) is 9.29. The number of hydrogen-bond donors (Lipinski definition) is 0. The second kappa shape index (κ2) is 12.0. The molecule has 2 nitrogen and oxygen atoms in total. The summed E-state index contributed by atoms with van der Waals surface area (Å²) in [6.45, 7) is 0. The molecule has 53 heavy (non-hydrogen) atoms. The summed E-state index contributed by atoms with van der Waals surface area (Å²) < 4.78 is 2.43. The lowest BCUT2D eigenvalue weighted by atomic mass is 10.0. The molecule has 1 aliphatic rings. The molecule has 248 valence electrons. The van der Waals surface area contributed by atoms with E-state index in [0.717, 1.165) is 5.69 Å². The Hall–Kier alpha value is -6.55. The van der Waals surface area contributed by atoms with E-state index in [1.165, 1.54) is 92.5 Å². The third-order valence-corrected chi connectivity index (χ3v) is 11.8. The van der Waals surface area contributed by atoms with E-state index >= 15 is 0 Å². The normalized spacial score (nSPS) is 12.4. The average molecular weight is 693 g/mol. The van der Waals surface area contributed by atoms with Gasteiger partial charge in [0.1, 0.15) is 0 Å². The molecule has 0 N–H and O–H groups in total. The van der Waals surface area contributed by atoms with Crippen LogP contribution in [0.4, 0.5) is 17.1 Å². The van der Waals surface area contributed by atoms with E-state index < -0.39 is 0 Å². The molecule has 0 spiro atoms. The van der Waals surface area contributed by atoms with Crippen molar-refractivity contribution in [1.82, 2.24) is 4.57 Å². The molecule has 0 radical (unpaired) electrons. The zero-order valence-electron chi connectivity index (χ0n) is 28.8. The Labute approximate surface area is 312 Å². The zero-order chi connectivity index (χ0) is 34.9. The van der Waals surface area contributed by atoms with Crippen LogP contribution in [0.25, 0.3) is 71.3 Å². The van der Waals surface area contributed by atoms with E-state index in [2.05, 4.69) is 204 Å². The van der Waals surface area contributed by atoms with E-state index in [1.807, 2.05) is 11.8 Å². The topological polar surface area (TPSA) is 8.17 Å². The minimum absolute atomic E-state index is 1.15. The van der Waals surface area contributed by atoms with Crippen LogP contribution >= 0.6 is 11.8 Å². The van der Waals surface area contributed by atoms with Crippen LogP contribution in [-0.4, -0.2) is 4.57 Å². The van der Waals surface area contributed by atoms with Crippen molar-refractivity contribution in [3.05, 3.63) is 194 Å². The first-order valence-corrected chi connectivity index (χ1v) is 18.9. The van der Waals surface area contributed by atoms with E-state index in [1.54, 1.807) is 0 Å². The molecular formula is C50H32N2S. The summed E-state index contributed by atoms with van der Waals surface area (Å²) in [7, 11) is 0. The Bertz CT molecular complexity index is 3040. The van der Waals surface area contributed by atoms with Gasteiger partial charge in [-0.3, -0.25) is 0 Å². The lowest BCUT2D eigenvalue weighted by Crippen LogP contribution is -2.15. The van der Waals surface area contributed by atoms with Gasteiger partial charge in [0.25, 0.3) is 0 Å². The van der Waals surface area contributed by atoms with Gasteiger partial charge >= 0.3 is 0 Å². The molecule has 0 saturated carbocycles. The molecular weight excluding hydrogens is 661 g/mol. The lowest BCUT2D eigenvalue weighted by molar-refractivity contribution is 1.17. The van der Waals surface area contributed by atoms with Crippen molar-refractivity contribution in [2.45, 2.75) is 9.79 Å². The molecule has 3 heteroatoms. The van der Waals surface area contributed by atoms with Crippen LogP contribution < -0.4 is 4.90 Å². The van der Waals surface area contributed by atoms with E-state index in [9.17, 15) is 0 Å². The first kappa shape index (κ1) is 30.1. The number of para-hydroxylation sites is 1. The molecule has 9 aromatic carbocycles. The fraction of sp³-hybridized carbons (Fsp3) is 0. The maximum atomic E-state index is 2.47. The maximum absolute atomic E-state index is 2.47. The lowest BCUT2D eigenvalue weighted by Gasteiger charge is -2.34. The molecule has 10 aromatic rings. The summed E-state index contributed by atoms with van der Waals surface area (Å²) >= 11 is 1.86. The fourth-order valence-electron chi connectivity index (χ4n) is 8.22. The van der Waals surface area contributed by atoms with Gasteiger partial charge in [-0.2, -0.15) is 0 Å². The molecule has 2 heterocycles. The van der Waals surface area contributed by atoms with Gasteiger partial charge in [0.2, 0.25) is 0 Å². The Morgan fingerprint density at radius 2 is 0.943 bits per heavy atom. The highest BCUT2D eigenvalue weighted by Gasteiger charge is 2.27. The molecule has 0 amide bonds. The van der Waals surface area contributed by atoms with Crippen molar-refractivity contribution >= 4 is 72.2 Å². The zero-order valence-corrected chi connectivity index (χ0v) is 29.6. The highest BCUT2D eigenvalue weighted by Crippen LogP contribution is 2.53. The van der Waals surface area contributed by atoms with Gasteiger partial charge in [-0.05, 0) is 99.1 Å². The van der Waals surface area contributed by atoms with Gasteiger partial charge in [-0.1, -0.05) is 145 Å². The molecule has 0 bridgehead atoms. The molecule has 0 unspecified atom stereocenters. The quantitative estimate of drug-likeness (QED) is 0.181. The molecule has 0 aliphatic carbocycles. The summed E-state index contributed by atoms with van der Waals surface area (Å²) in [5.41, 5.74) is 12.0. The second-order valence-corrected chi connectivity index (χ2v) is 14.9. The number of hydrogen-bond acceptors (Lipinski definition) is 2. The number of benzene rings is 9. The molecule has 1 aromatic heterocycles. The van der Waals surface area contributed by atoms with Gasteiger partial charge in [0, 0.05) is 31.6 Å². The minimum Gasteiger partial charge on any atom is -0.309 e. The van der Waals surface area contributed by atoms with Crippen molar-refractivity contribution in [1.29, 1.82) is 0 Å². The monoisotopic (exact) mass is 692 g/mol. The molecule has 0 atom stereocenters. The molecule has 11 rings (SSSR count). The van der Waals surface area contributed by atoms with Crippen molar-refractivity contribution in [3.63, 3.8) is 0 Å². The summed E-state index contributed by atoms with van der Waals surface area (Å²) in [5.74, 6) is 0. The summed E-state index contributed by atoms with van der Waals surface area (Å²) in [6.07, 6.45) is 0. The third kappa shape index (κ3) is 4.89. The Kier molecular flexibility index (Phi) is 6.83. The average Bonchev–Trinajstić information content (AvgIpc) is 3.55. The molecule has 0 saturated heterocycles. The minimum atomic E-state index is 1.15. The predicted octanol–water partition coefficient (Wildman–Crippen LogP) is 14.4. The Morgan fingerprint density at radius 1 is 0.321 bits per heavy atom. The van der Waals surface area contributed by atoms with E-state index in [4.69, 9.17) is 0 Å². The van der Waals surface area contributed by atoms with Gasteiger partial charge in [0.05, 0.1) is 28.1 Å². The van der Waals surface area contributed by atoms with Gasteiger partial charge in [-0.25, -0.2) is 0 Å². The van der Waals surface area contributed by atoms with Crippen LogP contribution in [-0.2, 0) is 0 Å². The van der Waals surface area contributed by atoms with Crippen LogP contribution in [0, 0.1) is 0 Å². The van der Waals surface area contributed by atoms with Crippen LogP contribution in [0.2, 0.25) is 0 Å². The van der Waals surface area contributed by atoms with Crippen molar-refractivity contribution in [3.8, 4) is 27.9 Å². The number of aromatic nitrogens is 1. The Morgan fingerprint density at radius 3 is 1.83 bits per heavy atom. The van der Waals surface area contributed by atoms with E-state index in [0.29, 0.717) is 0 Å². The van der Waals surface area contributed by atoms with Crippen LogP contribution in [0.3, 0.4) is 0 Å². The molecule has 1 aliphatic heterocycles. The number of rotatable bonds is 4. The molecule has 0 fully saturated rings. The van der Waals surface area contributed by atoms with Gasteiger partial charge < -0.3 is 9.47 Å². The number of nitrogens with zero attached hydrogens (tertiary/aromatic N) is 2. The van der Waals surface area contributed by atoms with Gasteiger partial charge in [0.15, 0.2) is 0 Å². The Balaban J connectivity index is 1.10. The first-order valence-electron chi connectivity index (χ1n) is 18.1. The summed E-state index contributed by atoms with van der Waals surface area (Å²) in [5, 5.41) is 7.50. The third-order valence-electron chi connectivity index (χ3n) is 10.7. The summed E-state index contributed by atoms with van der Waals surface area (Å²) in [6, 6.07) is 71.1. The highest BCUT2D eigenvalue weighted by atomic mass is 32.2.